The molecule has 2 heterocycles. The van der Waals surface area contributed by atoms with Crippen molar-refractivity contribution in [3.8, 4) is 0 Å². The average molecular weight is 496 g/mol. The van der Waals surface area contributed by atoms with E-state index in [9.17, 15) is 27.6 Å². The van der Waals surface area contributed by atoms with Gasteiger partial charge in [-0.2, -0.15) is 22.5 Å². The number of rotatable bonds is 6. The van der Waals surface area contributed by atoms with E-state index in [1.54, 1.807) is 25.5 Å². The molecular formula is C23H23ClF3N4O3+. The Morgan fingerprint density at radius 1 is 1.24 bits per heavy atom. The molecule has 0 N–H and O–H groups in total. The maximum absolute atomic E-state index is 13.1. The van der Waals surface area contributed by atoms with Crippen LogP contribution in [0.15, 0.2) is 36.7 Å². The van der Waals surface area contributed by atoms with Gasteiger partial charge in [0.2, 0.25) is 5.91 Å². The van der Waals surface area contributed by atoms with E-state index in [4.69, 9.17) is 11.6 Å². The average Bonchev–Trinajstić information content (AvgIpc) is 3.21. The number of alkyl halides is 3. The van der Waals surface area contributed by atoms with Gasteiger partial charge in [-0.3, -0.25) is 14.6 Å². The zero-order chi connectivity index (χ0) is 25.0. The topological polar surface area (TPSA) is 73.6 Å². The molecular weight excluding hydrogens is 473 g/mol. The first-order valence-corrected chi connectivity index (χ1v) is 10.7. The highest BCUT2D eigenvalue weighted by atomic mass is 35.5. The smallest absolute Gasteiger partial charge is 0.334 e. The molecule has 0 spiro atoms. The Kier molecular flexibility index (Phi) is 7.71. The van der Waals surface area contributed by atoms with Gasteiger partial charge in [-0.1, -0.05) is 17.7 Å². The van der Waals surface area contributed by atoms with Crippen molar-refractivity contribution in [2.75, 3.05) is 14.1 Å². The lowest BCUT2D eigenvalue weighted by atomic mass is 10.1. The Hall–Kier alpha value is -3.27. The third-order valence-electron chi connectivity index (χ3n) is 5.59. The Morgan fingerprint density at radius 3 is 2.50 bits per heavy atom. The first-order valence-electron chi connectivity index (χ1n) is 10.4. The summed E-state index contributed by atoms with van der Waals surface area (Å²) in [5.41, 5.74) is 0.936. The molecule has 1 aromatic carbocycles. The molecule has 0 saturated heterocycles. The summed E-state index contributed by atoms with van der Waals surface area (Å²) in [5.74, 6) is -0.343. The number of amides is 3. The summed E-state index contributed by atoms with van der Waals surface area (Å²) in [7, 11) is 3.03. The first kappa shape index (κ1) is 25.4. The van der Waals surface area contributed by atoms with Crippen LogP contribution in [0.1, 0.15) is 35.1 Å². The van der Waals surface area contributed by atoms with Crippen molar-refractivity contribution in [3.63, 3.8) is 0 Å². The molecule has 1 aromatic heterocycles. The third-order valence-corrected chi connectivity index (χ3v) is 5.90. The molecule has 0 unspecified atom stereocenters. The van der Waals surface area contributed by atoms with Crippen LogP contribution in [-0.4, -0.2) is 57.4 Å². The molecule has 1 aliphatic heterocycles. The van der Waals surface area contributed by atoms with Crippen LogP contribution in [0.3, 0.4) is 0 Å². The fourth-order valence-corrected chi connectivity index (χ4v) is 4.02. The minimum atomic E-state index is -4.58. The van der Waals surface area contributed by atoms with Crippen LogP contribution in [0.2, 0.25) is 5.02 Å². The fraction of sp³-hybridized carbons (Fsp3) is 0.348. The quantitative estimate of drug-likeness (QED) is 0.346. The molecule has 7 nitrogen and oxygen atoms in total. The van der Waals surface area contributed by atoms with Crippen LogP contribution in [0.25, 0.3) is 0 Å². The van der Waals surface area contributed by atoms with Gasteiger partial charge >= 0.3 is 12.2 Å². The second-order valence-electron chi connectivity index (χ2n) is 8.02. The third kappa shape index (κ3) is 5.80. The number of aromatic nitrogens is 1. The minimum absolute atomic E-state index is 0.00666. The second kappa shape index (κ2) is 10.3. The van der Waals surface area contributed by atoms with E-state index < -0.39 is 22.8 Å². The van der Waals surface area contributed by atoms with E-state index in [2.05, 4.69) is 4.98 Å². The lowest BCUT2D eigenvalue weighted by molar-refractivity contribution is -0.403. The molecule has 0 saturated carbocycles. The summed E-state index contributed by atoms with van der Waals surface area (Å²) >= 11 is 5.77. The van der Waals surface area contributed by atoms with Gasteiger partial charge < -0.3 is 4.90 Å². The Morgan fingerprint density at radius 2 is 1.91 bits per heavy atom. The summed E-state index contributed by atoms with van der Waals surface area (Å²) in [5, 5.41) is -0.410. The number of pyridine rings is 1. The predicted octanol–water partition coefficient (Wildman–Crippen LogP) is 3.91. The Balaban J connectivity index is 1.63. The number of carbonyl (C=O) groups excluding carboxylic acids is 3. The zero-order valence-electron chi connectivity index (χ0n) is 18.6. The van der Waals surface area contributed by atoms with E-state index in [0.29, 0.717) is 17.4 Å². The SMILES string of the molecule is CN(Cc1cccnc1)C(=O)/[N+](C)=C(\C=O)CCC(=O)N1Cc2cc(Cl)c(C(F)(F)F)cc2C1. The van der Waals surface area contributed by atoms with Gasteiger partial charge in [0.15, 0.2) is 6.29 Å². The van der Waals surface area contributed by atoms with Gasteiger partial charge in [-0.25, -0.2) is 4.90 Å². The molecule has 3 rings (SSSR count). The summed E-state index contributed by atoms with van der Waals surface area (Å²) in [4.78, 5) is 43.8. The van der Waals surface area contributed by atoms with Gasteiger partial charge in [-0.15, -0.1) is 0 Å². The zero-order valence-corrected chi connectivity index (χ0v) is 19.4. The van der Waals surface area contributed by atoms with Crippen molar-refractivity contribution in [2.45, 2.75) is 38.7 Å². The fourth-order valence-electron chi connectivity index (χ4n) is 3.73. The van der Waals surface area contributed by atoms with E-state index in [1.165, 1.54) is 27.5 Å². The summed E-state index contributed by atoms with van der Waals surface area (Å²) < 4.78 is 40.5. The standard InChI is InChI=1S/C23H23ClF3N4O3/c1-29(11-15-4-3-7-28-10-15)22(34)30(2)18(14-32)5-6-21(33)31-12-16-8-19(23(25,26)27)20(24)9-17(16)13-31/h3-4,7-10,14H,5-6,11-13H2,1-2H3/q+1/b30-18-. The van der Waals surface area contributed by atoms with Crippen molar-refractivity contribution in [1.82, 2.24) is 14.8 Å². The predicted molar refractivity (Wildman–Crippen MR) is 118 cm³/mol. The summed E-state index contributed by atoms with van der Waals surface area (Å²) in [6.07, 6.45) is -0.879. The molecule has 1 aliphatic rings. The van der Waals surface area contributed by atoms with Crippen molar-refractivity contribution < 1.29 is 32.1 Å². The molecule has 0 radical (unpaired) electrons. The van der Waals surface area contributed by atoms with Crippen LogP contribution in [-0.2, 0) is 35.4 Å². The minimum Gasteiger partial charge on any atom is -0.334 e. The molecule has 0 bridgehead atoms. The largest absolute Gasteiger partial charge is 0.493 e. The lowest BCUT2D eigenvalue weighted by Gasteiger charge is -2.15. The number of hydrogen-bond donors (Lipinski definition) is 0. The molecule has 3 amide bonds. The molecule has 0 aliphatic carbocycles. The molecule has 0 fully saturated rings. The van der Waals surface area contributed by atoms with Gasteiger partial charge in [0.25, 0.3) is 0 Å². The number of carbonyl (C=O) groups is 3. The number of aldehydes is 1. The van der Waals surface area contributed by atoms with Crippen molar-refractivity contribution >= 4 is 35.5 Å². The van der Waals surface area contributed by atoms with Crippen LogP contribution >= 0.6 is 11.6 Å². The number of urea groups is 1. The second-order valence-corrected chi connectivity index (χ2v) is 8.42. The molecule has 0 atom stereocenters. The Bertz CT molecular complexity index is 1140. The maximum Gasteiger partial charge on any atom is 0.493 e. The van der Waals surface area contributed by atoms with Crippen LogP contribution in [0.4, 0.5) is 18.0 Å². The van der Waals surface area contributed by atoms with Crippen molar-refractivity contribution in [1.29, 1.82) is 0 Å². The van der Waals surface area contributed by atoms with Crippen molar-refractivity contribution in [2.24, 2.45) is 0 Å². The van der Waals surface area contributed by atoms with Gasteiger partial charge in [0.05, 0.1) is 24.7 Å². The van der Waals surface area contributed by atoms with Crippen molar-refractivity contribution in [3.05, 3.63) is 63.9 Å². The van der Waals surface area contributed by atoms with Crippen LogP contribution < -0.4 is 0 Å². The normalized spacial score (nSPS) is 13.9. The van der Waals surface area contributed by atoms with Gasteiger partial charge in [-0.05, 0) is 29.3 Å². The highest BCUT2D eigenvalue weighted by Crippen LogP contribution is 2.38. The highest BCUT2D eigenvalue weighted by Gasteiger charge is 2.36. The van der Waals surface area contributed by atoms with Gasteiger partial charge in [0.1, 0.15) is 12.3 Å². The Labute approximate surface area is 199 Å². The van der Waals surface area contributed by atoms with E-state index in [-0.39, 0.29) is 44.1 Å². The number of hydrogen-bond acceptors (Lipinski definition) is 4. The lowest BCUT2D eigenvalue weighted by Crippen LogP contribution is -2.37. The highest BCUT2D eigenvalue weighted by molar-refractivity contribution is 6.31. The maximum atomic E-state index is 13.1. The monoisotopic (exact) mass is 495 g/mol. The van der Waals surface area contributed by atoms with Gasteiger partial charge in [0, 0.05) is 43.9 Å². The molecule has 11 heteroatoms. The number of fused-ring (bicyclic) bond motifs is 1. The number of halogens is 4. The van der Waals surface area contributed by atoms with Crippen LogP contribution in [0.5, 0.6) is 0 Å². The van der Waals surface area contributed by atoms with E-state index >= 15 is 0 Å². The summed E-state index contributed by atoms with van der Waals surface area (Å²) in [6, 6.07) is 5.35. The number of benzene rings is 1. The van der Waals surface area contributed by atoms with E-state index in [1.807, 2.05) is 6.07 Å². The first-order chi connectivity index (χ1) is 16.0. The van der Waals surface area contributed by atoms with Crippen LogP contribution in [0, 0.1) is 0 Å². The molecule has 34 heavy (non-hydrogen) atoms. The summed E-state index contributed by atoms with van der Waals surface area (Å²) in [6.45, 7) is 0.440. The molecule has 2 aromatic rings. The molecule has 180 valence electrons. The number of nitrogens with zero attached hydrogens (tertiary/aromatic N) is 4. The van der Waals surface area contributed by atoms with E-state index in [0.717, 1.165) is 11.6 Å².